The number of nitrogens with two attached hydrogens (primary N) is 1. The lowest BCUT2D eigenvalue weighted by atomic mass is 9.89. The van der Waals surface area contributed by atoms with Crippen LogP contribution >= 0.6 is 0 Å². The Hall–Kier alpha value is -1.71. The molecule has 20 heavy (non-hydrogen) atoms. The van der Waals surface area contributed by atoms with Crippen LogP contribution in [0.25, 0.3) is 0 Å². The monoisotopic (exact) mass is 274 g/mol. The number of oxime groups is 1. The smallest absolute Gasteiger partial charge is 0.170 e. The molecule has 0 spiro atoms. The van der Waals surface area contributed by atoms with Gasteiger partial charge < -0.3 is 15.7 Å². The van der Waals surface area contributed by atoms with E-state index < -0.39 is 0 Å². The average Bonchev–Trinajstić information content (AvgIpc) is 3.08. The molecular weight excluding hydrogens is 252 g/mol. The summed E-state index contributed by atoms with van der Waals surface area (Å²) in [6.07, 6.45) is 5.52. The zero-order valence-electron chi connectivity index (χ0n) is 11.9. The quantitative estimate of drug-likeness (QED) is 0.384. The summed E-state index contributed by atoms with van der Waals surface area (Å²) < 4.78 is 6.02. The summed E-state index contributed by atoms with van der Waals surface area (Å²) in [6, 6.07) is 5.65. The van der Waals surface area contributed by atoms with Crippen LogP contribution in [0.4, 0.5) is 0 Å². The van der Waals surface area contributed by atoms with Crippen molar-refractivity contribution in [2.45, 2.75) is 32.6 Å². The molecule has 1 aromatic carbocycles. The van der Waals surface area contributed by atoms with Crippen LogP contribution in [0.2, 0.25) is 0 Å². The van der Waals surface area contributed by atoms with E-state index in [1.54, 1.807) is 0 Å². The Balaban J connectivity index is 1.67. The van der Waals surface area contributed by atoms with Gasteiger partial charge in [-0.3, -0.25) is 0 Å². The van der Waals surface area contributed by atoms with Gasteiger partial charge in [0.2, 0.25) is 0 Å². The van der Waals surface area contributed by atoms with Gasteiger partial charge in [-0.25, -0.2) is 0 Å². The molecule has 3 N–H and O–H groups in total. The molecule has 2 aliphatic rings. The Labute approximate surface area is 119 Å². The van der Waals surface area contributed by atoms with Crippen LogP contribution in [-0.2, 0) is 0 Å². The van der Waals surface area contributed by atoms with Crippen molar-refractivity contribution in [1.29, 1.82) is 0 Å². The van der Waals surface area contributed by atoms with E-state index in [2.05, 4.69) is 5.16 Å². The largest absolute Gasteiger partial charge is 0.493 e. The molecule has 0 radical (unpaired) electrons. The Bertz CT molecular complexity index is 527. The van der Waals surface area contributed by atoms with E-state index in [-0.39, 0.29) is 5.84 Å². The van der Waals surface area contributed by atoms with Gasteiger partial charge in [-0.2, -0.15) is 0 Å². The highest BCUT2D eigenvalue weighted by Crippen LogP contribution is 2.48. The molecule has 3 rings (SSSR count). The molecule has 4 heteroatoms. The van der Waals surface area contributed by atoms with Gasteiger partial charge in [0, 0.05) is 5.56 Å². The maximum absolute atomic E-state index is 8.74. The summed E-state index contributed by atoms with van der Waals surface area (Å²) in [6.45, 7) is 2.81. The third-order valence-electron chi connectivity index (χ3n) is 4.93. The van der Waals surface area contributed by atoms with Crippen LogP contribution in [0.3, 0.4) is 0 Å². The molecule has 2 bridgehead atoms. The van der Waals surface area contributed by atoms with E-state index in [4.69, 9.17) is 15.7 Å². The van der Waals surface area contributed by atoms with Crippen LogP contribution in [-0.4, -0.2) is 17.6 Å². The zero-order chi connectivity index (χ0) is 14.1. The fourth-order valence-electron chi connectivity index (χ4n) is 3.75. The SMILES string of the molecule is Cc1ccc(/C(N)=N/O)cc1OCC1CC2CCC1C2. The first-order valence-corrected chi connectivity index (χ1v) is 7.38. The summed E-state index contributed by atoms with van der Waals surface area (Å²) in [5.74, 6) is 3.48. The average molecular weight is 274 g/mol. The molecule has 1 aromatic rings. The van der Waals surface area contributed by atoms with Crippen molar-refractivity contribution in [2.75, 3.05) is 6.61 Å². The minimum Gasteiger partial charge on any atom is -0.493 e. The molecular formula is C16H22N2O2. The lowest BCUT2D eigenvalue weighted by Crippen LogP contribution is -2.19. The van der Waals surface area contributed by atoms with Crippen molar-refractivity contribution < 1.29 is 9.94 Å². The Morgan fingerprint density at radius 1 is 1.40 bits per heavy atom. The van der Waals surface area contributed by atoms with Gasteiger partial charge in [0.15, 0.2) is 5.84 Å². The molecule has 0 aromatic heterocycles. The topological polar surface area (TPSA) is 67.8 Å². The van der Waals surface area contributed by atoms with Crippen LogP contribution < -0.4 is 10.5 Å². The van der Waals surface area contributed by atoms with Gasteiger partial charge in [0.25, 0.3) is 0 Å². The van der Waals surface area contributed by atoms with Crippen molar-refractivity contribution in [1.82, 2.24) is 0 Å². The number of ether oxygens (including phenoxy) is 1. The maximum atomic E-state index is 8.74. The maximum Gasteiger partial charge on any atom is 0.170 e. The summed E-state index contributed by atoms with van der Waals surface area (Å²) in [5.41, 5.74) is 7.41. The molecule has 2 fully saturated rings. The second-order valence-electron chi connectivity index (χ2n) is 6.21. The minimum absolute atomic E-state index is 0.120. The standard InChI is InChI=1S/C16H22N2O2/c1-10-2-4-13(16(17)18-19)8-15(10)20-9-14-7-11-3-5-12(14)6-11/h2,4,8,11-12,14,19H,3,5-7,9H2,1H3,(H2,17,18). The number of hydrogen-bond donors (Lipinski definition) is 2. The molecule has 2 saturated carbocycles. The van der Waals surface area contributed by atoms with Gasteiger partial charge in [0.05, 0.1) is 6.61 Å². The third-order valence-corrected chi connectivity index (χ3v) is 4.93. The van der Waals surface area contributed by atoms with Crippen molar-refractivity contribution >= 4 is 5.84 Å². The zero-order valence-corrected chi connectivity index (χ0v) is 11.9. The molecule has 3 unspecified atom stereocenters. The molecule has 0 saturated heterocycles. The van der Waals surface area contributed by atoms with Gasteiger partial charge in [0.1, 0.15) is 5.75 Å². The number of hydrogen-bond acceptors (Lipinski definition) is 3. The molecule has 0 aliphatic heterocycles. The van der Waals surface area contributed by atoms with Crippen LogP contribution in [0.1, 0.15) is 36.8 Å². The molecule has 4 nitrogen and oxygen atoms in total. The van der Waals surface area contributed by atoms with Crippen LogP contribution in [0, 0.1) is 24.7 Å². The first-order valence-electron chi connectivity index (χ1n) is 7.38. The van der Waals surface area contributed by atoms with Crippen molar-refractivity contribution in [3.05, 3.63) is 29.3 Å². The highest BCUT2D eigenvalue weighted by atomic mass is 16.5. The lowest BCUT2D eigenvalue weighted by Gasteiger charge is -2.22. The Morgan fingerprint density at radius 2 is 2.25 bits per heavy atom. The minimum atomic E-state index is 0.120. The number of aryl methyl sites for hydroxylation is 1. The molecule has 0 amide bonds. The second kappa shape index (κ2) is 5.35. The van der Waals surface area contributed by atoms with Gasteiger partial charge >= 0.3 is 0 Å². The molecule has 108 valence electrons. The number of amidine groups is 1. The molecule has 3 atom stereocenters. The number of fused-ring (bicyclic) bond motifs is 2. The number of rotatable bonds is 4. The van der Waals surface area contributed by atoms with E-state index in [9.17, 15) is 0 Å². The summed E-state index contributed by atoms with van der Waals surface area (Å²) in [5, 5.41) is 11.8. The van der Waals surface area contributed by atoms with Crippen LogP contribution in [0.15, 0.2) is 23.4 Å². The van der Waals surface area contributed by atoms with E-state index in [1.807, 2.05) is 25.1 Å². The van der Waals surface area contributed by atoms with Gasteiger partial charge in [-0.05, 0) is 55.6 Å². The Morgan fingerprint density at radius 3 is 2.90 bits per heavy atom. The Kier molecular flexibility index (Phi) is 3.55. The fraction of sp³-hybridized carbons (Fsp3) is 0.562. The van der Waals surface area contributed by atoms with E-state index in [0.717, 1.165) is 29.8 Å². The number of nitrogens with zero attached hydrogens (tertiary/aromatic N) is 1. The predicted molar refractivity (Wildman–Crippen MR) is 78.1 cm³/mol. The highest BCUT2D eigenvalue weighted by molar-refractivity contribution is 5.97. The van der Waals surface area contributed by atoms with Crippen LogP contribution in [0.5, 0.6) is 5.75 Å². The van der Waals surface area contributed by atoms with Crippen molar-refractivity contribution in [3.8, 4) is 5.75 Å². The van der Waals surface area contributed by atoms with Crippen molar-refractivity contribution in [2.24, 2.45) is 28.6 Å². The summed E-state index contributed by atoms with van der Waals surface area (Å²) in [4.78, 5) is 0. The first-order chi connectivity index (χ1) is 9.67. The highest BCUT2D eigenvalue weighted by Gasteiger charge is 2.39. The predicted octanol–water partition coefficient (Wildman–Crippen LogP) is 2.90. The van der Waals surface area contributed by atoms with Gasteiger partial charge in [-0.15, -0.1) is 0 Å². The van der Waals surface area contributed by atoms with Gasteiger partial charge in [-0.1, -0.05) is 23.7 Å². The normalized spacial score (nSPS) is 28.9. The third kappa shape index (κ3) is 2.47. The summed E-state index contributed by atoms with van der Waals surface area (Å²) in [7, 11) is 0. The first kappa shape index (κ1) is 13.3. The fourth-order valence-corrected chi connectivity index (χ4v) is 3.75. The summed E-state index contributed by atoms with van der Waals surface area (Å²) >= 11 is 0. The second-order valence-corrected chi connectivity index (χ2v) is 6.21. The number of benzene rings is 1. The van der Waals surface area contributed by atoms with Crippen molar-refractivity contribution in [3.63, 3.8) is 0 Å². The van der Waals surface area contributed by atoms with E-state index in [1.165, 1.54) is 25.7 Å². The lowest BCUT2D eigenvalue weighted by molar-refractivity contribution is 0.194. The molecule has 2 aliphatic carbocycles. The molecule has 0 heterocycles. The van der Waals surface area contributed by atoms with E-state index in [0.29, 0.717) is 11.5 Å². The van der Waals surface area contributed by atoms with E-state index >= 15 is 0 Å².